The van der Waals surface area contributed by atoms with E-state index >= 15 is 0 Å². The summed E-state index contributed by atoms with van der Waals surface area (Å²) in [6, 6.07) is 1.62. The van der Waals surface area contributed by atoms with Crippen LogP contribution in [0.2, 0.25) is 0 Å². The summed E-state index contributed by atoms with van der Waals surface area (Å²) < 4.78 is 39.5. The number of halogens is 3. The van der Waals surface area contributed by atoms with E-state index < -0.39 is 35.0 Å². The monoisotopic (exact) mass is 331 g/mol. The molecule has 8 heteroatoms. The number of anilines is 1. The van der Waals surface area contributed by atoms with Crippen molar-refractivity contribution < 1.29 is 22.8 Å². The fourth-order valence-electron chi connectivity index (χ4n) is 1.94. The van der Waals surface area contributed by atoms with Gasteiger partial charge in [-0.25, -0.2) is 13.2 Å². The third-order valence-corrected chi connectivity index (χ3v) is 3.22. The van der Waals surface area contributed by atoms with Crippen LogP contribution in [0.25, 0.3) is 0 Å². The van der Waals surface area contributed by atoms with Crippen molar-refractivity contribution in [1.82, 2.24) is 4.90 Å². The zero-order valence-corrected chi connectivity index (χ0v) is 13.0. The Labute approximate surface area is 132 Å². The van der Waals surface area contributed by atoms with E-state index in [0.717, 1.165) is 6.07 Å². The molecule has 1 atom stereocenters. The maximum absolute atomic E-state index is 13.5. The first-order chi connectivity index (χ1) is 10.8. The first-order valence-electron chi connectivity index (χ1n) is 7.24. The molecule has 128 valence electrons. The van der Waals surface area contributed by atoms with Crippen molar-refractivity contribution in [2.45, 2.75) is 20.3 Å². The molecule has 0 aliphatic rings. The second-order valence-electron chi connectivity index (χ2n) is 5.17. The van der Waals surface area contributed by atoms with Crippen LogP contribution in [0, 0.1) is 23.4 Å². The smallest absolute Gasteiger partial charge is 0.244 e. The minimum Gasteiger partial charge on any atom is -0.333 e. The highest BCUT2D eigenvalue weighted by Gasteiger charge is 2.22. The van der Waals surface area contributed by atoms with E-state index in [-0.39, 0.29) is 19.0 Å². The Kier molecular flexibility index (Phi) is 7.02. The Hall–Kier alpha value is -2.09. The molecule has 0 aromatic heterocycles. The van der Waals surface area contributed by atoms with Gasteiger partial charge in [0.15, 0.2) is 17.5 Å². The van der Waals surface area contributed by atoms with Crippen LogP contribution >= 0.6 is 0 Å². The molecule has 0 fully saturated rings. The van der Waals surface area contributed by atoms with Gasteiger partial charge >= 0.3 is 0 Å². The second kappa shape index (κ2) is 8.52. The maximum atomic E-state index is 13.5. The number of nitrogens with two attached hydrogens (primary N) is 1. The van der Waals surface area contributed by atoms with Gasteiger partial charge in [-0.2, -0.15) is 0 Å². The Morgan fingerprint density at radius 1 is 1.26 bits per heavy atom. The first kappa shape index (κ1) is 19.0. The molecule has 0 saturated heterocycles. The van der Waals surface area contributed by atoms with Crippen molar-refractivity contribution in [3.63, 3.8) is 0 Å². The SMILES string of the molecule is CCCN(CC(=O)Nc1ccc(F)c(F)c1F)C(=O)C(C)CN. The van der Waals surface area contributed by atoms with Crippen molar-refractivity contribution in [3.05, 3.63) is 29.6 Å². The minimum atomic E-state index is -1.67. The molecule has 23 heavy (non-hydrogen) atoms. The van der Waals surface area contributed by atoms with Crippen LogP contribution in [0.3, 0.4) is 0 Å². The highest BCUT2D eigenvalue weighted by Crippen LogP contribution is 2.19. The van der Waals surface area contributed by atoms with Crippen LogP contribution in [0.1, 0.15) is 20.3 Å². The van der Waals surface area contributed by atoms with E-state index in [1.807, 2.05) is 6.92 Å². The molecule has 3 N–H and O–H groups in total. The van der Waals surface area contributed by atoms with Crippen molar-refractivity contribution in [2.75, 3.05) is 25.0 Å². The predicted molar refractivity (Wildman–Crippen MR) is 80.0 cm³/mol. The molecule has 0 saturated carbocycles. The molecule has 0 aliphatic heterocycles. The van der Waals surface area contributed by atoms with Crippen molar-refractivity contribution in [1.29, 1.82) is 0 Å². The average molecular weight is 331 g/mol. The Morgan fingerprint density at radius 3 is 2.48 bits per heavy atom. The number of amides is 2. The summed E-state index contributed by atoms with van der Waals surface area (Å²) in [4.78, 5) is 25.3. The Morgan fingerprint density at radius 2 is 1.91 bits per heavy atom. The summed E-state index contributed by atoms with van der Waals surface area (Å²) in [5.41, 5.74) is 4.96. The van der Waals surface area contributed by atoms with Gasteiger partial charge in [-0.15, -0.1) is 0 Å². The molecule has 0 bridgehead atoms. The molecule has 5 nitrogen and oxygen atoms in total. The summed E-state index contributed by atoms with van der Waals surface area (Å²) in [6.45, 7) is 3.61. The number of hydrogen-bond acceptors (Lipinski definition) is 3. The standard InChI is InChI=1S/C15H20F3N3O2/c1-3-6-21(15(23)9(2)7-19)8-12(22)20-11-5-4-10(16)13(17)14(11)18/h4-5,9H,3,6-8,19H2,1-2H3,(H,20,22). The van der Waals surface area contributed by atoms with Crippen molar-refractivity contribution in [3.8, 4) is 0 Å². The first-order valence-corrected chi connectivity index (χ1v) is 7.24. The summed E-state index contributed by atoms with van der Waals surface area (Å²) in [7, 11) is 0. The van der Waals surface area contributed by atoms with Gasteiger partial charge in [-0.1, -0.05) is 13.8 Å². The Balaban J connectivity index is 2.80. The molecular weight excluding hydrogens is 311 g/mol. The second-order valence-corrected chi connectivity index (χ2v) is 5.17. The zero-order valence-electron chi connectivity index (χ0n) is 13.0. The van der Waals surface area contributed by atoms with Crippen LogP contribution in [-0.4, -0.2) is 36.3 Å². The van der Waals surface area contributed by atoms with Gasteiger partial charge in [0, 0.05) is 19.0 Å². The summed E-state index contributed by atoms with van der Waals surface area (Å²) >= 11 is 0. The van der Waals surface area contributed by atoms with Crippen LogP contribution in [-0.2, 0) is 9.59 Å². The van der Waals surface area contributed by atoms with Gasteiger partial charge in [-0.3, -0.25) is 9.59 Å². The van der Waals surface area contributed by atoms with Gasteiger partial charge in [-0.05, 0) is 18.6 Å². The highest BCUT2D eigenvalue weighted by atomic mass is 19.2. The zero-order chi connectivity index (χ0) is 17.6. The lowest BCUT2D eigenvalue weighted by Crippen LogP contribution is -2.42. The Bertz CT molecular complexity index is 581. The lowest BCUT2D eigenvalue weighted by atomic mass is 10.1. The number of carbonyl (C=O) groups is 2. The van der Waals surface area contributed by atoms with Gasteiger partial charge < -0.3 is 16.0 Å². The molecule has 0 radical (unpaired) electrons. The van der Waals surface area contributed by atoms with E-state index in [0.29, 0.717) is 19.0 Å². The molecule has 1 aromatic carbocycles. The number of carbonyl (C=O) groups excluding carboxylic acids is 2. The summed E-state index contributed by atoms with van der Waals surface area (Å²) in [5, 5.41) is 2.13. The van der Waals surface area contributed by atoms with E-state index in [2.05, 4.69) is 5.32 Å². The lowest BCUT2D eigenvalue weighted by molar-refractivity contribution is -0.137. The van der Waals surface area contributed by atoms with E-state index in [1.165, 1.54) is 4.90 Å². The van der Waals surface area contributed by atoms with E-state index in [9.17, 15) is 22.8 Å². The topological polar surface area (TPSA) is 75.4 Å². The maximum Gasteiger partial charge on any atom is 0.244 e. The number of nitrogens with one attached hydrogen (secondary N) is 1. The third kappa shape index (κ3) is 4.95. The van der Waals surface area contributed by atoms with Crippen molar-refractivity contribution in [2.24, 2.45) is 11.7 Å². The molecule has 1 rings (SSSR count). The van der Waals surface area contributed by atoms with Gasteiger partial charge in [0.1, 0.15) is 0 Å². The highest BCUT2D eigenvalue weighted by molar-refractivity contribution is 5.94. The molecule has 2 amide bonds. The number of benzene rings is 1. The van der Waals surface area contributed by atoms with Gasteiger partial charge in [0.05, 0.1) is 12.2 Å². The van der Waals surface area contributed by atoms with Crippen LogP contribution < -0.4 is 11.1 Å². The molecule has 0 heterocycles. The number of hydrogen-bond donors (Lipinski definition) is 2. The van der Waals surface area contributed by atoms with Crippen molar-refractivity contribution >= 4 is 17.5 Å². The van der Waals surface area contributed by atoms with Gasteiger partial charge in [0.25, 0.3) is 0 Å². The summed E-state index contributed by atoms with van der Waals surface area (Å²) in [6.07, 6.45) is 0.621. The normalized spacial score (nSPS) is 11.9. The van der Waals surface area contributed by atoms with Crippen LogP contribution in [0.15, 0.2) is 12.1 Å². The number of nitrogens with zero attached hydrogens (tertiary/aromatic N) is 1. The van der Waals surface area contributed by atoms with E-state index in [4.69, 9.17) is 5.73 Å². The molecule has 1 aromatic rings. The summed E-state index contributed by atoms with van der Waals surface area (Å²) in [5.74, 6) is -5.95. The quantitative estimate of drug-likeness (QED) is 0.749. The molecule has 0 aliphatic carbocycles. The predicted octanol–water partition coefficient (Wildman–Crippen LogP) is 1.88. The largest absolute Gasteiger partial charge is 0.333 e. The minimum absolute atomic E-state index is 0.137. The molecular formula is C15H20F3N3O2. The molecule has 0 spiro atoms. The van der Waals surface area contributed by atoms with E-state index in [1.54, 1.807) is 6.92 Å². The molecule has 1 unspecified atom stereocenters. The third-order valence-electron chi connectivity index (χ3n) is 3.22. The fourth-order valence-corrected chi connectivity index (χ4v) is 1.94. The number of rotatable bonds is 7. The van der Waals surface area contributed by atoms with Crippen LogP contribution in [0.4, 0.5) is 18.9 Å². The lowest BCUT2D eigenvalue weighted by Gasteiger charge is -2.24. The van der Waals surface area contributed by atoms with Crippen LogP contribution in [0.5, 0.6) is 0 Å². The van der Waals surface area contributed by atoms with Gasteiger partial charge in [0.2, 0.25) is 11.8 Å². The fraction of sp³-hybridized carbons (Fsp3) is 0.467. The average Bonchev–Trinajstić information content (AvgIpc) is 2.53.